The summed E-state index contributed by atoms with van der Waals surface area (Å²) < 4.78 is 19.9. The molecule has 0 aromatic heterocycles. The van der Waals surface area contributed by atoms with E-state index in [2.05, 4.69) is 22.2 Å². The smallest absolute Gasteiger partial charge is 0.381 e. The van der Waals surface area contributed by atoms with Crippen molar-refractivity contribution in [1.29, 1.82) is 0 Å². The maximum Gasteiger partial charge on any atom is 0.423 e. The molecule has 0 spiro atoms. The van der Waals surface area contributed by atoms with E-state index in [1.165, 1.54) is 0 Å². The highest BCUT2D eigenvalue weighted by atomic mass is 31.1. The van der Waals surface area contributed by atoms with E-state index in [4.69, 9.17) is 0 Å². The van der Waals surface area contributed by atoms with Gasteiger partial charge in [-0.2, -0.15) is 0 Å². The predicted octanol–water partition coefficient (Wildman–Crippen LogP) is 2.39. The summed E-state index contributed by atoms with van der Waals surface area (Å²) in [5.74, 6) is -1.64. The number of hydrogen-bond donors (Lipinski definition) is 0. The maximum absolute atomic E-state index is 11.1. The van der Waals surface area contributed by atoms with Crippen LogP contribution in [0, 0.1) is 0 Å². The topological polar surface area (TPSA) is 69.7 Å². The lowest BCUT2D eigenvalue weighted by Crippen LogP contribution is -2.06. The molecule has 0 bridgehead atoms. The Hall–Kier alpha value is -1.35. The van der Waals surface area contributed by atoms with E-state index in [-0.39, 0.29) is 11.1 Å². The molecule has 0 amide bonds. The lowest BCUT2D eigenvalue weighted by Gasteiger charge is -2.06. The first-order valence-electron chi connectivity index (χ1n) is 4.76. The molecule has 0 aliphatic heterocycles. The minimum absolute atomic E-state index is 0.170. The second-order valence-corrected chi connectivity index (χ2v) is 3.85. The van der Waals surface area contributed by atoms with Crippen molar-refractivity contribution >= 4 is 20.2 Å². The van der Waals surface area contributed by atoms with E-state index in [9.17, 15) is 14.2 Å². The van der Waals surface area contributed by atoms with Gasteiger partial charge in [0.15, 0.2) is 0 Å². The van der Waals surface area contributed by atoms with Crippen molar-refractivity contribution in [3.63, 3.8) is 0 Å². The van der Waals surface area contributed by atoms with Crippen molar-refractivity contribution in [3.05, 3.63) is 24.3 Å². The third-order valence-corrected chi connectivity index (χ3v) is 2.49. The summed E-state index contributed by atoms with van der Waals surface area (Å²) in [4.78, 5) is 22.2. The Morgan fingerprint density at radius 3 is 1.56 bits per heavy atom. The third kappa shape index (κ3) is 4.94. The molecule has 0 aliphatic carbocycles. The first-order chi connectivity index (χ1) is 7.42. The quantitative estimate of drug-likeness (QED) is 0.531. The molecule has 0 saturated carbocycles. The number of hydrogen-bond acceptors (Lipinski definition) is 5. The molecule has 0 unspecified atom stereocenters. The van der Waals surface area contributed by atoms with Crippen molar-refractivity contribution < 1.29 is 23.2 Å². The van der Waals surface area contributed by atoms with Gasteiger partial charge in [0, 0.05) is 11.1 Å². The van der Waals surface area contributed by atoms with Crippen LogP contribution < -0.4 is 0 Å². The fourth-order valence-electron chi connectivity index (χ4n) is 0.605. The normalized spacial score (nSPS) is 9.69. The molecular formula is C10H15O5P. The van der Waals surface area contributed by atoms with E-state index in [0.717, 1.165) is 0 Å². The summed E-state index contributed by atoms with van der Waals surface area (Å²) in [5.41, 5.74) is 0.340. The summed E-state index contributed by atoms with van der Waals surface area (Å²) in [6, 6.07) is 0. The Morgan fingerprint density at radius 2 is 1.31 bits per heavy atom. The largest absolute Gasteiger partial charge is 0.423 e. The highest BCUT2D eigenvalue weighted by molar-refractivity contribution is 7.34. The lowest BCUT2D eigenvalue weighted by molar-refractivity contribution is -0.133. The SMILES string of the molecule is C=C(CC)C(=O)O[PH](=O)OC(=O)C(=C)CC. The molecule has 0 N–H and O–H groups in total. The Balaban J connectivity index is 4.20. The summed E-state index contributed by atoms with van der Waals surface area (Å²) in [7, 11) is -3.17. The van der Waals surface area contributed by atoms with Gasteiger partial charge in [-0.1, -0.05) is 27.0 Å². The van der Waals surface area contributed by atoms with Crippen LogP contribution in [0.1, 0.15) is 26.7 Å². The summed E-state index contributed by atoms with van der Waals surface area (Å²) in [5, 5.41) is 0. The fraction of sp³-hybridized carbons (Fsp3) is 0.400. The number of rotatable bonds is 6. The average molecular weight is 246 g/mol. The van der Waals surface area contributed by atoms with Gasteiger partial charge >= 0.3 is 20.2 Å². The minimum Gasteiger partial charge on any atom is -0.381 e. The van der Waals surface area contributed by atoms with E-state index in [1.54, 1.807) is 13.8 Å². The fourth-order valence-corrected chi connectivity index (χ4v) is 1.24. The molecule has 16 heavy (non-hydrogen) atoms. The molecule has 0 heterocycles. The summed E-state index contributed by atoms with van der Waals surface area (Å²) in [6.45, 7) is 10.2. The lowest BCUT2D eigenvalue weighted by atomic mass is 10.2. The van der Waals surface area contributed by atoms with Gasteiger partial charge in [-0.05, 0) is 12.8 Å². The summed E-state index contributed by atoms with van der Waals surface area (Å²) >= 11 is 0. The van der Waals surface area contributed by atoms with Crippen LogP contribution in [0.2, 0.25) is 0 Å². The molecule has 0 aromatic carbocycles. The van der Waals surface area contributed by atoms with Crippen molar-refractivity contribution in [2.45, 2.75) is 26.7 Å². The van der Waals surface area contributed by atoms with Crippen molar-refractivity contribution in [2.24, 2.45) is 0 Å². The third-order valence-electron chi connectivity index (χ3n) is 1.78. The van der Waals surface area contributed by atoms with Crippen LogP contribution in [-0.4, -0.2) is 11.9 Å². The van der Waals surface area contributed by atoms with Crippen LogP contribution in [0.25, 0.3) is 0 Å². The zero-order chi connectivity index (χ0) is 12.7. The van der Waals surface area contributed by atoms with Crippen LogP contribution in [-0.2, 0) is 23.2 Å². The molecule has 0 rings (SSSR count). The van der Waals surface area contributed by atoms with Crippen LogP contribution in [0.4, 0.5) is 0 Å². The van der Waals surface area contributed by atoms with Crippen LogP contribution in [0.3, 0.4) is 0 Å². The second kappa shape index (κ2) is 7.01. The molecule has 0 aromatic rings. The minimum atomic E-state index is -3.17. The van der Waals surface area contributed by atoms with Gasteiger partial charge in [0.25, 0.3) is 0 Å². The standard InChI is InChI=1S/C10H15O5P/c1-5-7(3)9(11)14-16(13)15-10(12)8(4)6-2/h16H,3-6H2,1-2H3. The molecule has 0 atom stereocenters. The first kappa shape index (κ1) is 14.6. The van der Waals surface area contributed by atoms with E-state index in [0.29, 0.717) is 12.8 Å². The molecule has 0 aliphatic rings. The van der Waals surface area contributed by atoms with E-state index >= 15 is 0 Å². The second-order valence-electron chi connectivity index (χ2n) is 2.94. The van der Waals surface area contributed by atoms with Gasteiger partial charge in [-0.3, -0.25) is 0 Å². The number of carbonyl (C=O) groups excluding carboxylic acids is 2. The highest BCUT2D eigenvalue weighted by Gasteiger charge is 2.15. The van der Waals surface area contributed by atoms with Crippen LogP contribution in [0.5, 0.6) is 0 Å². The van der Waals surface area contributed by atoms with Crippen molar-refractivity contribution in [1.82, 2.24) is 0 Å². The first-order valence-corrected chi connectivity index (χ1v) is 5.98. The van der Waals surface area contributed by atoms with Crippen LogP contribution in [0.15, 0.2) is 24.3 Å². The summed E-state index contributed by atoms with van der Waals surface area (Å²) in [6.07, 6.45) is 0.757. The van der Waals surface area contributed by atoms with Gasteiger partial charge in [-0.15, -0.1) is 0 Å². The van der Waals surface area contributed by atoms with Gasteiger partial charge in [0.2, 0.25) is 0 Å². The van der Waals surface area contributed by atoms with Gasteiger partial charge in [0.05, 0.1) is 0 Å². The van der Waals surface area contributed by atoms with Gasteiger partial charge in [0.1, 0.15) is 0 Å². The molecule has 6 heteroatoms. The molecule has 90 valence electrons. The van der Waals surface area contributed by atoms with Gasteiger partial charge < -0.3 is 9.05 Å². The van der Waals surface area contributed by atoms with Gasteiger partial charge in [-0.25, -0.2) is 14.2 Å². The zero-order valence-electron chi connectivity index (χ0n) is 9.37. The average Bonchev–Trinajstić information content (AvgIpc) is 2.26. The maximum atomic E-state index is 11.1. The molecule has 0 radical (unpaired) electrons. The molecule has 5 nitrogen and oxygen atoms in total. The Labute approximate surface area is 95.1 Å². The number of carbonyl (C=O) groups is 2. The van der Waals surface area contributed by atoms with E-state index in [1.807, 2.05) is 0 Å². The van der Waals surface area contributed by atoms with Crippen LogP contribution >= 0.6 is 8.25 Å². The Kier molecular flexibility index (Phi) is 6.42. The predicted molar refractivity (Wildman–Crippen MR) is 60.0 cm³/mol. The Morgan fingerprint density at radius 1 is 1.00 bits per heavy atom. The monoisotopic (exact) mass is 246 g/mol. The Bertz CT molecular complexity index is 313. The highest BCUT2D eigenvalue weighted by Crippen LogP contribution is 2.27. The molecule has 0 fully saturated rings. The zero-order valence-corrected chi connectivity index (χ0v) is 10.4. The molecule has 0 saturated heterocycles. The van der Waals surface area contributed by atoms with Crippen molar-refractivity contribution in [3.8, 4) is 0 Å². The molecular weight excluding hydrogens is 231 g/mol. The van der Waals surface area contributed by atoms with E-state index < -0.39 is 20.2 Å². The van der Waals surface area contributed by atoms with Crippen molar-refractivity contribution in [2.75, 3.05) is 0 Å².